The maximum atomic E-state index is 10.4. The second-order valence-electron chi connectivity index (χ2n) is 2.68. The summed E-state index contributed by atoms with van der Waals surface area (Å²) in [6.45, 7) is 0. The van der Waals surface area contributed by atoms with Crippen molar-refractivity contribution in [1.29, 1.82) is 0 Å². The number of carboxylic acids is 1. The molecular formula is C7H10O3. The van der Waals surface area contributed by atoms with Gasteiger partial charge >= 0.3 is 5.97 Å². The lowest BCUT2D eigenvalue weighted by Crippen LogP contribution is -2.18. The van der Waals surface area contributed by atoms with E-state index in [4.69, 9.17) is 5.11 Å². The molecule has 0 amide bonds. The van der Waals surface area contributed by atoms with Gasteiger partial charge in [-0.1, -0.05) is 6.42 Å². The Labute approximate surface area is 59.0 Å². The lowest BCUT2D eigenvalue weighted by atomic mass is 9.98. The Hall–Kier alpha value is -0.860. The molecule has 0 radical (unpaired) electrons. The maximum Gasteiger partial charge on any atom is 0.307 e. The smallest absolute Gasteiger partial charge is 0.307 e. The van der Waals surface area contributed by atoms with E-state index in [1.165, 1.54) is 0 Å². The van der Waals surface area contributed by atoms with Crippen LogP contribution >= 0.6 is 0 Å². The summed E-state index contributed by atoms with van der Waals surface area (Å²) in [6.07, 6.45) is 3.06. The molecule has 0 bridgehead atoms. The van der Waals surface area contributed by atoms with E-state index in [0.29, 0.717) is 6.42 Å². The molecule has 1 saturated carbocycles. The fourth-order valence-corrected chi connectivity index (χ4v) is 1.46. The van der Waals surface area contributed by atoms with Crippen LogP contribution in [0.1, 0.15) is 19.3 Å². The molecule has 1 aliphatic rings. The molecule has 1 rings (SSSR count). The van der Waals surface area contributed by atoms with Gasteiger partial charge in [-0.15, -0.1) is 0 Å². The van der Waals surface area contributed by atoms with Gasteiger partial charge in [0.1, 0.15) is 6.29 Å². The average Bonchev–Trinajstić information content (AvgIpc) is 2.33. The molecule has 0 unspecified atom stereocenters. The second kappa shape index (κ2) is 2.82. The van der Waals surface area contributed by atoms with Crippen LogP contribution in [0.3, 0.4) is 0 Å². The lowest BCUT2D eigenvalue weighted by Gasteiger charge is -2.06. The van der Waals surface area contributed by atoms with Gasteiger partial charge in [-0.3, -0.25) is 4.79 Å². The summed E-state index contributed by atoms with van der Waals surface area (Å²) in [6, 6.07) is 0. The monoisotopic (exact) mass is 142 g/mol. The Balaban J connectivity index is 2.58. The molecule has 0 aromatic carbocycles. The highest BCUT2D eigenvalue weighted by Gasteiger charge is 2.32. The molecule has 0 aromatic heterocycles. The fourth-order valence-electron chi connectivity index (χ4n) is 1.46. The molecule has 10 heavy (non-hydrogen) atoms. The summed E-state index contributed by atoms with van der Waals surface area (Å²) in [5, 5.41) is 8.56. The number of aldehydes is 1. The van der Waals surface area contributed by atoms with Crippen molar-refractivity contribution in [2.75, 3.05) is 0 Å². The topological polar surface area (TPSA) is 54.4 Å². The molecule has 3 heteroatoms. The van der Waals surface area contributed by atoms with E-state index in [9.17, 15) is 9.59 Å². The van der Waals surface area contributed by atoms with Crippen LogP contribution < -0.4 is 0 Å². The van der Waals surface area contributed by atoms with Crippen molar-refractivity contribution < 1.29 is 14.7 Å². The molecule has 1 fully saturated rings. The third-order valence-corrected chi connectivity index (χ3v) is 2.06. The van der Waals surface area contributed by atoms with Gasteiger partial charge in [0.05, 0.1) is 5.92 Å². The van der Waals surface area contributed by atoms with Gasteiger partial charge in [0.2, 0.25) is 0 Å². The van der Waals surface area contributed by atoms with Crippen molar-refractivity contribution in [3.63, 3.8) is 0 Å². The van der Waals surface area contributed by atoms with Gasteiger partial charge in [-0.2, -0.15) is 0 Å². The first-order valence-corrected chi connectivity index (χ1v) is 3.44. The summed E-state index contributed by atoms with van der Waals surface area (Å²) in [7, 11) is 0. The third-order valence-electron chi connectivity index (χ3n) is 2.06. The first-order valence-electron chi connectivity index (χ1n) is 3.44. The predicted octanol–water partition coefficient (Wildman–Crippen LogP) is 0.686. The number of carboxylic acid groups (broad SMARTS) is 1. The van der Waals surface area contributed by atoms with Crippen molar-refractivity contribution in [1.82, 2.24) is 0 Å². The van der Waals surface area contributed by atoms with Crippen molar-refractivity contribution in [3.8, 4) is 0 Å². The van der Waals surface area contributed by atoms with E-state index < -0.39 is 11.9 Å². The molecule has 1 aliphatic carbocycles. The van der Waals surface area contributed by atoms with Crippen LogP contribution in [0.25, 0.3) is 0 Å². The standard InChI is InChI=1S/C7H10O3/c8-4-5-2-1-3-6(5)7(9)10/h4-6H,1-3H2,(H,9,10)/t5-,6-/m0/s1. The minimum atomic E-state index is -0.824. The largest absolute Gasteiger partial charge is 0.481 e. The number of hydrogen-bond acceptors (Lipinski definition) is 2. The van der Waals surface area contributed by atoms with Crippen molar-refractivity contribution in [2.24, 2.45) is 11.8 Å². The Kier molecular flexibility index (Phi) is 2.04. The van der Waals surface area contributed by atoms with E-state index in [1.807, 2.05) is 0 Å². The molecule has 0 spiro atoms. The first-order chi connectivity index (χ1) is 4.75. The van der Waals surface area contributed by atoms with Crippen molar-refractivity contribution >= 4 is 12.3 Å². The minimum absolute atomic E-state index is 0.225. The highest BCUT2D eigenvalue weighted by Crippen LogP contribution is 2.29. The molecule has 0 aliphatic heterocycles. The summed E-state index contributed by atoms with van der Waals surface area (Å²) >= 11 is 0. The Morgan fingerprint density at radius 3 is 2.60 bits per heavy atom. The number of carbonyl (C=O) groups excluding carboxylic acids is 1. The number of hydrogen-bond donors (Lipinski definition) is 1. The lowest BCUT2D eigenvalue weighted by molar-refractivity contribution is -0.144. The van der Waals surface area contributed by atoms with Crippen LogP contribution in [-0.4, -0.2) is 17.4 Å². The quantitative estimate of drug-likeness (QED) is 0.577. The van der Waals surface area contributed by atoms with Crippen molar-refractivity contribution in [3.05, 3.63) is 0 Å². The Morgan fingerprint density at radius 1 is 1.50 bits per heavy atom. The molecule has 0 aromatic rings. The number of aliphatic carboxylic acids is 1. The average molecular weight is 142 g/mol. The summed E-state index contributed by atoms with van der Waals surface area (Å²) in [5.74, 6) is -1.45. The zero-order valence-corrected chi connectivity index (χ0v) is 5.62. The molecular weight excluding hydrogens is 132 g/mol. The van der Waals surface area contributed by atoms with Gasteiger partial charge in [-0.25, -0.2) is 0 Å². The summed E-state index contributed by atoms with van der Waals surface area (Å²) in [5.41, 5.74) is 0. The maximum absolute atomic E-state index is 10.4. The molecule has 2 atom stereocenters. The van der Waals surface area contributed by atoms with Gasteiger partial charge in [0.25, 0.3) is 0 Å². The zero-order valence-electron chi connectivity index (χ0n) is 5.62. The van der Waals surface area contributed by atoms with E-state index in [-0.39, 0.29) is 5.92 Å². The zero-order chi connectivity index (χ0) is 7.56. The third kappa shape index (κ3) is 1.17. The normalized spacial score (nSPS) is 32.0. The molecule has 0 heterocycles. The van der Waals surface area contributed by atoms with Gasteiger partial charge in [0, 0.05) is 5.92 Å². The first kappa shape index (κ1) is 7.25. The minimum Gasteiger partial charge on any atom is -0.481 e. The summed E-state index contributed by atoms with van der Waals surface area (Å²) in [4.78, 5) is 20.7. The van der Waals surface area contributed by atoms with Crippen LogP contribution in [0.4, 0.5) is 0 Å². The summed E-state index contributed by atoms with van der Waals surface area (Å²) < 4.78 is 0. The Morgan fingerprint density at radius 2 is 2.20 bits per heavy atom. The van der Waals surface area contributed by atoms with Crippen LogP contribution in [0, 0.1) is 11.8 Å². The number of carbonyl (C=O) groups is 2. The molecule has 3 nitrogen and oxygen atoms in total. The van der Waals surface area contributed by atoms with Crippen LogP contribution in [0.5, 0.6) is 0 Å². The second-order valence-corrected chi connectivity index (χ2v) is 2.68. The van der Waals surface area contributed by atoms with E-state index in [0.717, 1.165) is 19.1 Å². The highest BCUT2D eigenvalue weighted by molar-refractivity contribution is 5.75. The number of rotatable bonds is 2. The molecule has 1 N–H and O–H groups in total. The SMILES string of the molecule is O=C[C@@H]1CCC[C@@H]1C(=O)O. The predicted molar refractivity (Wildman–Crippen MR) is 34.5 cm³/mol. The Bertz CT molecular complexity index is 153. The van der Waals surface area contributed by atoms with Gasteiger partial charge < -0.3 is 9.90 Å². The molecule has 0 saturated heterocycles. The van der Waals surface area contributed by atoms with Gasteiger partial charge in [-0.05, 0) is 12.8 Å². The van der Waals surface area contributed by atoms with E-state index in [2.05, 4.69) is 0 Å². The van der Waals surface area contributed by atoms with Crippen LogP contribution in [-0.2, 0) is 9.59 Å². The molecule has 56 valence electrons. The van der Waals surface area contributed by atoms with Crippen molar-refractivity contribution in [2.45, 2.75) is 19.3 Å². The fraction of sp³-hybridized carbons (Fsp3) is 0.714. The van der Waals surface area contributed by atoms with Crippen LogP contribution in [0.2, 0.25) is 0 Å². The van der Waals surface area contributed by atoms with E-state index in [1.54, 1.807) is 0 Å². The highest BCUT2D eigenvalue weighted by atomic mass is 16.4. The van der Waals surface area contributed by atoms with E-state index >= 15 is 0 Å². The van der Waals surface area contributed by atoms with Gasteiger partial charge in [0.15, 0.2) is 0 Å². The van der Waals surface area contributed by atoms with Crippen LogP contribution in [0.15, 0.2) is 0 Å².